The molecule has 0 fully saturated rings. The second-order valence-corrected chi connectivity index (χ2v) is 8.45. The van der Waals surface area contributed by atoms with Gasteiger partial charge in [0.05, 0.1) is 11.7 Å². The first-order chi connectivity index (χ1) is 15.0. The molecule has 5 nitrogen and oxygen atoms in total. The van der Waals surface area contributed by atoms with Gasteiger partial charge in [0.25, 0.3) is 5.91 Å². The van der Waals surface area contributed by atoms with E-state index in [1.165, 1.54) is 0 Å². The number of carbonyl (C=O) groups excluding carboxylic acids is 2. The Balaban J connectivity index is 1.40. The van der Waals surface area contributed by atoms with Crippen LogP contribution in [0, 0.1) is 0 Å². The molecule has 0 spiro atoms. The number of nitrogens with zero attached hydrogens (tertiary/aromatic N) is 1. The van der Waals surface area contributed by atoms with Crippen LogP contribution >= 0.6 is 15.9 Å². The smallest absolute Gasteiger partial charge is 0.414 e. The number of halogens is 1. The first-order valence-corrected chi connectivity index (χ1v) is 11.0. The van der Waals surface area contributed by atoms with Gasteiger partial charge in [0.1, 0.15) is 6.61 Å². The Labute approximate surface area is 190 Å². The summed E-state index contributed by atoms with van der Waals surface area (Å²) >= 11 is 3.38. The second kappa shape index (κ2) is 9.35. The number of ether oxygens (including phenoxy) is 1. The van der Waals surface area contributed by atoms with Gasteiger partial charge in [-0.1, -0.05) is 58.4 Å². The monoisotopic (exact) mass is 478 g/mol. The van der Waals surface area contributed by atoms with Gasteiger partial charge in [0, 0.05) is 16.6 Å². The highest BCUT2D eigenvalue weighted by atomic mass is 79.9. The van der Waals surface area contributed by atoms with Gasteiger partial charge in [-0.05, 0) is 60.4 Å². The standard InChI is InChI=1S/C25H23BrN2O3/c1-17(27-24(29)19-7-10-22(26)11-8-19)20-9-12-23-21(15-20)13-14-28(23)25(30)31-16-18-5-3-2-4-6-18/h2-12,15,17H,13-14,16H2,1H3,(H,27,29)/t17-/m1/s1. The summed E-state index contributed by atoms with van der Waals surface area (Å²) in [6, 6.07) is 22.7. The number of anilines is 1. The van der Waals surface area contributed by atoms with E-state index in [-0.39, 0.29) is 24.6 Å². The molecule has 2 amide bonds. The molecule has 4 rings (SSSR count). The van der Waals surface area contributed by atoms with Crippen molar-refractivity contribution < 1.29 is 14.3 Å². The Morgan fingerprint density at radius 2 is 1.81 bits per heavy atom. The van der Waals surface area contributed by atoms with E-state index in [4.69, 9.17) is 4.74 Å². The molecule has 0 saturated heterocycles. The lowest BCUT2D eigenvalue weighted by Crippen LogP contribution is -2.29. The number of benzene rings is 3. The van der Waals surface area contributed by atoms with Gasteiger partial charge in [-0.25, -0.2) is 4.79 Å². The SMILES string of the molecule is C[C@@H](NC(=O)c1ccc(Br)cc1)c1ccc2c(c1)CCN2C(=O)OCc1ccccc1. The lowest BCUT2D eigenvalue weighted by molar-refractivity contribution is 0.0939. The summed E-state index contributed by atoms with van der Waals surface area (Å²) in [6.45, 7) is 2.80. The Morgan fingerprint density at radius 3 is 2.55 bits per heavy atom. The fraction of sp³-hybridized carbons (Fsp3) is 0.200. The number of hydrogen-bond acceptors (Lipinski definition) is 3. The number of rotatable bonds is 5. The minimum Gasteiger partial charge on any atom is -0.444 e. The van der Waals surface area contributed by atoms with Crippen LogP contribution in [0.25, 0.3) is 0 Å². The number of carbonyl (C=O) groups is 2. The quantitative estimate of drug-likeness (QED) is 0.516. The van der Waals surface area contributed by atoms with Crippen LogP contribution in [-0.2, 0) is 17.8 Å². The Bertz CT molecular complexity index is 1080. The van der Waals surface area contributed by atoms with Crippen LogP contribution in [-0.4, -0.2) is 18.5 Å². The molecule has 0 aromatic heterocycles. The van der Waals surface area contributed by atoms with Crippen LogP contribution in [0.5, 0.6) is 0 Å². The van der Waals surface area contributed by atoms with Gasteiger partial charge < -0.3 is 10.1 Å². The molecule has 0 radical (unpaired) electrons. The van der Waals surface area contributed by atoms with Crippen molar-refractivity contribution in [3.63, 3.8) is 0 Å². The number of nitrogens with one attached hydrogen (secondary N) is 1. The average Bonchev–Trinajstić information content (AvgIpc) is 3.22. The highest BCUT2D eigenvalue weighted by Crippen LogP contribution is 2.31. The molecule has 6 heteroatoms. The van der Waals surface area contributed by atoms with Crippen molar-refractivity contribution in [2.45, 2.75) is 26.0 Å². The molecule has 1 aliphatic heterocycles. The van der Waals surface area contributed by atoms with Crippen molar-refractivity contribution in [1.82, 2.24) is 5.32 Å². The summed E-state index contributed by atoms with van der Waals surface area (Å²) in [4.78, 5) is 26.8. The maximum absolute atomic E-state index is 12.6. The fourth-order valence-electron chi connectivity index (χ4n) is 3.64. The molecule has 1 heterocycles. The highest BCUT2D eigenvalue weighted by Gasteiger charge is 2.26. The summed E-state index contributed by atoms with van der Waals surface area (Å²) in [6.07, 6.45) is 0.420. The molecule has 0 aliphatic carbocycles. The van der Waals surface area contributed by atoms with Crippen molar-refractivity contribution in [1.29, 1.82) is 0 Å². The molecule has 3 aromatic carbocycles. The van der Waals surface area contributed by atoms with E-state index in [1.54, 1.807) is 17.0 Å². The highest BCUT2D eigenvalue weighted by molar-refractivity contribution is 9.10. The van der Waals surface area contributed by atoms with Gasteiger partial charge in [-0.3, -0.25) is 9.69 Å². The zero-order valence-corrected chi connectivity index (χ0v) is 18.8. The molecular weight excluding hydrogens is 456 g/mol. The van der Waals surface area contributed by atoms with Gasteiger partial charge in [-0.2, -0.15) is 0 Å². The van der Waals surface area contributed by atoms with Gasteiger partial charge in [0.15, 0.2) is 0 Å². The van der Waals surface area contributed by atoms with Crippen molar-refractivity contribution in [2.24, 2.45) is 0 Å². The molecular formula is C25H23BrN2O3. The average molecular weight is 479 g/mol. The summed E-state index contributed by atoms with van der Waals surface area (Å²) < 4.78 is 6.42. The Kier molecular flexibility index (Phi) is 6.37. The fourth-order valence-corrected chi connectivity index (χ4v) is 3.91. The molecule has 158 valence electrons. The number of amides is 2. The minimum absolute atomic E-state index is 0.119. The maximum Gasteiger partial charge on any atom is 0.414 e. The first-order valence-electron chi connectivity index (χ1n) is 10.2. The molecule has 0 bridgehead atoms. The van der Waals surface area contributed by atoms with E-state index in [2.05, 4.69) is 27.3 Å². The van der Waals surface area contributed by atoms with E-state index < -0.39 is 0 Å². The third-order valence-electron chi connectivity index (χ3n) is 5.38. The zero-order chi connectivity index (χ0) is 21.8. The minimum atomic E-state index is -0.341. The normalized spacial score (nSPS) is 13.4. The largest absolute Gasteiger partial charge is 0.444 e. The number of hydrogen-bond donors (Lipinski definition) is 1. The Hall–Kier alpha value is -3.12. The molecule has 0 unspecified atom stereocenters. The zero-order valence-electron chi connectivity index (χ0n) is 17.2. The van der Waals surface area contributed by atoms with Gasteiger partial charge in [-0.15, -0.1) is 0 Å². The van der Waals surface area contributed by atoms with E-state index in [0.29, 0.717) is 12.1 Å². The summed E-state index contributed by atoms with van der Waals surface area (Å²) in [5.41, 5.74) is 4.53. The topological polar surface area (TPSA) is 58.6 Å². The van der Waals surface area contributed by atoms with E-state index in [1.807, 2.05) is 61.5 Å². The predicted octanol–water partition coefficient (Wildman–Crippen LogP) is 5.64. The van der Waals surface area contributed by atoms with Crippen LogP contribution in [0.2, 0.25) is 0 Å². The van der Waals surface area contributed by atoms with Crippen LogP contribution in [0.1, 0.15) is 40.0 Å². The van der Waals surface area contributed by atoms with Crippen LogP contribution in [0.15, 0.2) is 77.3 Å². The van der Waals surface area contributed by atoms with E-state index in [0.717, 1.165) is 33.3 Å². The van der Waals surface area contributed by atoms with Crippen molar-refractivity contribution in [3.8, 4) is 0 Å². The maximum atomic E-state index is 12.6. The van der Waals surface area contributed by atoms with Gasteiger partial charge in [0.2, 0.25) is 0 Å². The molecule has 1 aliphatic rings. The van der Waals surface area contributed by atoms with Crippen molar-refractivity contribution >= 4 is 33.6 Å². The molecule has 31 heavy (non-hydrogen) atoms. The summed E-state index contributed by atoms with van der Waals surface area (Å²) in [5, 5.41) is 3.04. The van der Waals surface area contributed by atoms with E-state index >= 15 is 0 Å². The van der Waals surface area contributed by atoms with Gasteiger partial charge >= 0.3 is 6.09 Å². The predicted molar refractivity (Wildman–Crippen MR) is 124 cm³/mol. The lowest BCUT2D eigenvalue weighted by Gasteiger charge is -2.19. The molecule has 1 N–H and O–H groups in total. The van der Waals surface area contributed by atoms with Crippen molar-refractivity contribution in [2.75, 3.05) is 11.4 Å². The summed E-state index contributed by atoms with van der Waals surface area (Å²) in [7, 11) is 0. The first kappa shape index (κ1) is 21.1. The van der Waals surface area contributed by atoms with Crippen LogP contribution < -0.4 is 10.2 Å². The third-order valence-corrected chi connectivity index (χ3v) is 5.91. The van der Waals surface area contributed by atoms with Crippen LogP contribution in [0.4, 0.5) is 10.5 Å². The second-order valence-electron chi connectivity index (χ2n) is 7.53. The third kappa shape index (κ3) is 4.97. The molecule has 3 aromatic rings. The lowest BCUT2D eigenvalue weighted by atomic mass is 10.0. The Morgan fingerprint density at radius 1 is 1.06 bits per heavy atom. The molecule has 1 atom stereocenters. The van der Waals surface area contributed by atoms with E-state index in [9.17, 15) is 9.59 Å². The number of fused-ring (bicyclic) bond motifs is 1. The molecule has 0 saturated carbocycles. The van der Waals surface area contributed by atoms with Crippen molar-refractivity contribution in [3.05, 3.63) is 99.5 Å². The summed E-state index contributed by atoms with van der Waals surface area (Å²) in [5.74, 6) is -0.119. The van der Waals surface area contributed by atoms with Crippen LogP contribution in [0.3, 0.4) is 0 Å².